The van der Waals surface area contributed by atoms with Crippen LogP contribution in [0.25, 0.3) is 0 Å². The molecule has 2 heterocycles. The predicted octanol–water partition coefficient (Wildman–Crippen LogP) is 1.37. The summed E-state index contributed by atoms with van der Waals surface area (Å²) in [6, 6.07) is 8.14. The Labute approximate surface area is 155 Å². The summed E-state index contributed by atoms with van der Waals surface area (Å²) in [5.41, 5.74) is 8.18. The van der Waals surface area contributed by atoms with E-state index in [1.165, 1.54) is 11.1 Å². The van der Waals surface area contributed by atoms with Gasteiger partial charge in [0.2, 0.25) is 5.91 Å². The van der Waals surface area contributed by atoms with Crippen molar-refractivity contribution in [3.05, 3.63) is 35.4 Å². The molecule has 3 rings (SSSR count). The highest BCUT2D eigenvalue weighted by molar-refractivity contribution is 5.85. The summed E-state index contributed by atoms with van der Waals surface area (Å²) in [7, 11) is 0. The molecule has 1 aromatic carbocycles. The predicted molar refractivity (Wildman–Crippen MR) is 99.6 cm³/mol. The number of carbonyl (C=O) groups is 2. The Morgan fingerprint density at radius 2 is 1.92 bits per heavy atom. The number of hydrogen-bond acceptors (Lipinski definition) is 3. The van der Waals surface area contributed by atoms with Crippen LogP contribution in [0.2, 0.25) is 0 Å². The van der Waals surface area contributed by atoms with Crippen molar-refractivity contribution in [1.29, 1.82) is 0 Å². The van der Waals surface area contributed by atoms with Crippen molar-refractivity contribution < 1.29 is 9.59 Å². The third-order valence-corrected chi connectivity index (χ3v) is 5.00. The molecule has 2 aliphatic heterocycles. The summed E-state index contributed by atoms with van der Waals surface area (Å²) in [4.78, 5) is 28.1. The van der Waals surface area contributed by atoms with Crippen LogP contribution in [-0.2, 0) is 17.8 Å². The Hall–Kier alpha value is -1.79. The van der Waals surface area contributed by atoms with E-state index in [0.29, 0.717) is 32.0 Å². The van der Waals surface area contributed by atoms with Gasteiger partial charge in [-0.25, -0.2) is 4.79 Å². The number of halogens is 1. The molecule has 25 heavy (non-hydrogen) atoms. The van der Waals surface area contributed by atoms with Crippen LogP contribution < -0.4 is 11.1 Å². The lowest BCUT2D eigenvalue weighted by atomic mass is 10.0. The van der Waals surface area contributed by atoms with Crippen LogP contribution >= 0.6 is 12.4 Å². The lowest BCUT2D eigenvalue weighted by Gasteiger charge is -2.29. The Balaban J connectivity index is 0.00000225. The largest absolute Gasteiger partial charge is 0.342 e. The Kier molecular flexibility index (Phi) is 7.08. The molecule has 1 unspecified atom stereocenters. The highest BCUT2D eigenvalue weighted by Gasteiger charge is 2.25. The van der Waals surface area contributed by atoms with Crippen LogP contribution in [-0.4, -0.2) is 54.5 Å². The zero-order chi connectivity index (χ0) is 16.9. The van der Waals surface area contributed by atoms with Gasteiger partial charge in [0.25, 0.3) is 0 Å². The number of fused-ring (bicyclic) bond motifs is 1. The quantitative estimate of drug-likeness (QED) is 0.844. The summed E-state index contributed by atoms with van der Waals surface area (Å²) in [6.07, 6.45) is 2.23. The van der Waals surface area contributed by atoms with Gasteiger partial charge in [0.05, 0.1) is 0 Å². The van der Waals surface area contributed by atoms with Crippen molar-refractivity contribution in [3.63, 3.8) is 0 Å². The first-order valence-corrected chi connectivity index (χ1v) is 8.74. The fraction of sp³-hybridized carbons (Fsp3) is 0.556. The summed E-state index contributed by atoms with van der Waals surface area (Å²) < 4.78 is 0. The topological polar surface area (TPSA) is 78.7 Å². The maximum atomic E-state index is 12.3. The Bertz CT molecular complexity index is 610. The zero-order valence-electron chi connectivity index (χ0n) is 14.4. The summed E-state index contributed by atoms with van der Waals surface area (Å²) in [5.74, 6) is 0.534. The van der Waals surface area contributed by atoms with E-state index in [2.05, 4.69) is 17.4 Å². The third kappa shape index (κ3) is 4.86. The average Bonchev–Trinajstić information content (AvgIpc) is 3.10. The maximum Gasteiger partial charge on any atom is 0.317 e. The van der Waals surface area contributed by atoms with E-state index in [4.69, 9.17) is 5.73 Å². The molecule has 138 valence electrons. The summed E-state index contributed by atoms with van der Waals surface area (Å²) >= 11 is 0. The van der Waals surface area contributed by atoms with Gasteiger partial charge in [0.15, 0.2) is 0 Å². The minimum Gasteiger partial charge on any atom is -0.342 e. The van der Waals surface area contributed by atoms with Crippen molar-refractivity contribution >= 4 is 24.3 Å². The van der Waals surface area contributed by atoms with E-state index in [0.717, 1.165) is 32.5 Å². The molecule has 1 aromatic rings. The van der Waals surface area contributed by atoms with Crippen molar-refractivity contribution in [2.45, 2.75) is 25.8 Å². The number of carbonyl (C=O) groups excluding carboxylic acids is 2. The van der Waals surface area contributed by atoms with Crippen LogP contribution in [0, 0.1) is 5.92 Å². The molecule has 3 amide bonds. The average molecular weight is 367 g/mol. The number of rotatable bonds is 4. The number of nitrogens with zero attached hydrogens (tertiary/aromatic N) is 2. The van der Waals surface area contributed by atoms with Crippen LogP contribution in [0.5, 0.6) is 0 Å². The zero-order valence-corrected chi connectivity index (χ0v) is 15.3. The van der Waals surface area contributed by atoms with Gasteiger partial charge in [0.1, 0.15) is 0 Å². The monoisotopic (exact) mass is 366 g/mol. The smallest absolute Gasteiger partial charge is 0.317 e. The third-order valence-electron chi connectivity index (χ3n) is 5.00. The molecule has 0 saturated carbocycles. The Morgan fingerprint density at radius 3 is 2.64 bits per heavy atom. The van der Waals surface area contributed by atoms with E-state index in [1.54, 1.807) is 0 Å². The number of benzene rings is 1. The number of urea groups is 1. The van der Waals surface area contributed by atoms with Crippen LogP contribution in [0.4, 0.5) is 4.79 Å². The van der Waals surface area contributed by atoms with Crippen molar-refractivity contribution in [2.24, 2.45) is 11.7 Å². The molecule has 0 spiro atoms. The summed E-state index contributed by atoms with van der Waals surface area (Å²) in [6.45, 7) is 3.93. The van der Waals surface area contributed by atoms with Crippen molar-refractivity contribution in [1.82, 2.24) is 15.1 Å². The second kappa shape index (κ2) is 9.06. The second-order valence-electron chi connectivity index (χ2n) is 6.65. The molecule has 2 aliphatic rings. The van der Waals surface area contributed by atoms with Crippen LogP contribution in [0.1, 0.15) is 24.0 Å². The molecule has 1 fully saturated rings. The molecular weight excluding hydrogens is 340 g/mol. The van der Waals surface area contributed by atoms with E-state index in [9.17, 15) is 9.59 Å². The SMILES string of the molecule is Cl.NCC1CCN(C(=O)CCNC(=O)N2CCc3ccccc3C2)C1. The van der Waals surface area contributed by atoms with Crippen molar-refractivity contribution in [2.75, 3.05) is 32.7 Å². The van der Waals surface area contributed by atoms with Gasteiger partial charge in [-0.3, -0.25) is 4.79 Å². The van der Waals surface area contributed by atoms with Gasteiger partial charge < -0.3 is 20.9 Å². The minimum absolute atomic E-state index is 0. The fourth-order valence-corrected chi connectivity index (χ4v) is 3.47. The van der Waals surface area contributed by atoms with Crippen LogP contribution in [0.15, 0.2) is 24.3 Å². The van der Waals surface area contributed by atoms with E-state index >= 15 is 0 Å². The lowest BCUT2D eigenvalue weighted by Crippen LogP contribution is -2.43. The fourth-order valence-electron chi connectivity index (χ4n) is 3.47. The molecule has 7 heteroatoms. The first-order valence-electron chi connectivity index (χ1n) is 8.74. The first-order chi connectivity index (χ1) is 11.7. The number of nitrogens with one attached hydrogen (secondary N) is 1. The van der Waals surface area contributed by atoms with E-state index in [1.807, 2.05) is 21.9 Å². The maximum absolute atomic E-state index is 12.3. The molecule has 0 radical (unpaired) electrons. The van der Waals surface area contributed by atoms with Crippen LogP contribution in [0.3, 0.4) is 0 Å². The minimum atomic E-state index is -0.0847. The molecular formula is C18H27ClN4O2. The number of nitrogens with two attached hydrogens (primary N) is 1. The molecule has 1 atom stereocenters. The molecule has 6 nitrogen and oxygen atoms in total. The van der Waals surface area contributed by atoms with Gasteiger partial charge >= 0.3 is 6.03 Å². The van der Waals surface area contributed by atoms with E-state index < -0.39 is 0 Å². The highest BCUT2D eigenvalue weighted by Crippen LogP contribution is 2.18. The standard InChI is InChI=1S/C18H26N4O2.ClH/c19-11-14-6-9-21(12-14)17(23)5-8-20-18(24)22-10-7-15-3-1-2-4-16(15)13-22;/h1-4,14H,5-13,19H2,(H,20,24);1H. The normalized spacial score (nSPS) is 19.2. The van der Waals surface area contributed by atoms with Gasteiger partial charge in [-0.2, -0.15) is 0 Å². The molecule has 0 bridgehead atoms. The van der Waals surface area contributed by atoms with Gasteiger partial charge in [-0.15, -0.1) is 12.4 Å². The molecule has 0 aromatic heterocycles. The molecule has 1 saturated heterocycles. The number of amides is 3. The summed E-state index contributed by atoms with van der Waals surface area (Å²) in [5, 5.41) is 2.88. The first kappa shape index (κ1) is 19.5. The van der Waals surface area contributed by atoms with E-state index in [-0.39, 0.29) is 24.3 Å². The highest BCUT2D eigenvalue weighted by atomic mass is 35.5. The van der Waals surface area contributed by atoms with Gasteiger partial charge in [0, 0.05) is 39.1 Å². The second-order valence-corrected chi connectivity index (χ2v) is 6.65. The number of hydrogen-bond donors (Lipinski definition) is 2. The molecule has 3 N–H and O–H groups in total. The number of likely N-dealkylation sites (tertiary alicyclic amines) is 1. The molecule has 0 aliphatic carbocycles. The van der Waals surface area contributed by atoms with Crippen molar-refractivity contribution in [3.8, 4) is 0 Å². The van der Waals surface area contributed by atoms with Gasteiger partial charge in [-0.05, 0) is 36.4 Å². The Morgan fingerprint density at radius 1 is 1.16 bits per heavy atom. The lowest BCUT2D eigenvalue weighted by molar-refractivity contribution is -0.130. The van der Waals surface area contributed by atoms with Gasteiger partial charge in [-0.1, -0.05) is 24.3 Å².